The summed E-state index contributed by atoms with van der Waals surface area (Å²) >= 11 is 0. The van der Waals surface area contributed by atoms with E-state index < -0.39 is 17.8 Å². The molecule has 0 fully saturated rings. The molecular formula is C18H11NO5. The van der Waals surface area contributed by atoms with Crippen LogP contribution in [-0.4, -0.2) is 27.8 Å². The molecule has 24 heavy (non-hydrogen) atoms. The van der Waals surface area contributed by atoms with E-state index in [0.29, 0.717) is 27.7 Å². The molecule has 1 aromatic heterocycles. The number of carboxylic acids is 1. The van der Waals surface area contributed by atoms with Crippen LogP contribution in [0.25, 0.3) is 10.8 Å². The zero-order valence-electron chi connectivity index (χ0n) is 12.4. The van der Waals surface area contributed by atoms with E-state index in [1.807, 2.05) is 0 Å². The molecule has 6 heteroatoms. The summed E-state index contributed by atoms with van der Waals surface area (Å²) in [4.78, 5) is 38.0. The quantitative estimate of drug-likeness (QED) is 0.749. The molecule has 4 rings (SSSR count). The van der Waals surface area contributed by atoms with Crippen LogP contribution in [0.15, 0.2) is 53.1 Å². The van der Waals surface area contributed by atoms with E-state index in [1.54, 1.807) is 30.3 Å². The zero-order valence-corrected chi connectivity index (χ0v) is 12.4. The maximum atomic E-state index is 12.7. The third-order valence-corrected chi connectivity index (χ3v) is 4.12. The van der Waals surface area contributed by atoms with Crippen molar-refractivity contribution >= 4 is 28.6 Å². The molecule has 1 aliphatic rings. The molecule has 1 N–H and O–H groups in total. The van der Waals surface area contributed by atoms with Gasteiger partial charge in [-0.3, -0.25) is 14.5 Å². The Morgan fingerprint density at radius 1 is 1.00 bits per heavy atom. The van der Waals surface area contributed by atoms with E-state index in [1.165, 1.54) is 18.4 Å². The van der Waals surface area contributed by atoms with Crippen molar-refractivity contribution < 1.29 is 23.9 Å². The van der Waals surface area contributed by atoms with Crippen molar-refractivity contribution in [3.05, 3.63) is 71.2 Å². The Bertz CT molecular complexity index is 981. The van der Waals surface area contributed by atoms with Gasteiger partial charge in [0.2, 0.25) is 0 Å². The first-order chi connectivity index (χ1) is 11.6. The van der Waals surface area contributed by atoms with Crippen LogP contribution in [0.1, 0.15) is 36.8 Å². The number of carboxylic acid groups (broad SMARTS) is 1. The van der Waals surface area contributed by atoms with E-state index in [9.17, 15) is 19.5 Å². The van der Waals surface area contributed by atoms with Gasteiger partial charge in [-0.25, -0.2) is 4.79 Å². The van der Waals surface area contributed by atoms with Crippen molar-refractivity contribution in [2.75, 3.05) is 0 Å². The highest BCUT2D eigenvalue weighted by Crippen LogP contribution is 2.32. The van der Waals surface area contributed by atoms with Gasteiger partial charge in [-0.1, -0.05) is 12.1 Å². The maximum absolute atomic E-state index is 12.7. The Kier molecular flexibility index (Phi) is 2.99. The first-order valence-corrected chi connectivity index (χ1v) is 7.25. The number of imide groups is 1. The van der Waals surface area contributed by atoms with Crippen LogP contribution < -0.4 is 0 Å². The Balaban J connectivity index is 1.92. The average molecular weight is 321 g/mol. The Hall–Kier alpha value is -3.41. The van der Waals surface area contributed by atoms with Crippen LogP contribution in [0.5, 0.6) is 0 Å². The van der Waals surface area contributed by atoms with Gasteiger partial charge in [0, 0.05) is 16.5 Å². The fraction of sp³-hybridized carbons (Fsp3) is 0.0556. The first kappa shape index (κ1) is 14.2. The molecule has 2 heterocycles. The van der Waals surface area contributed by atoms with Gasteiger partial charge >= 0.3 is 5.97 Å². The molecule has 0 unspecified atom stereocenters. The number of carbonyl (C=O) groups excluding carboxylic acids is 2. The maximum Gasteiger partial charge on any atom is 0.336 e. The summed E-state index contributed by atoms with van der Waals surface area (Å²) in [6.45, 7) is 0.0289. The van der Waals surface area contributed by atoms with Gasteiger partial charge in [0.1, 0.15) is 5.76 Å². The number of hydrogen-bond donors (Lipinski definition) is 1. The van der Waals surface area contributed by atoms with E-state index >= 15 is 0 Å². The summed E-state index contributed by atoms with van der Waals surface area (Å²) in [5, 5.41) is 10.1. The second-order valence-corrected chi connectivity index (χ2v) is 5.47. The van der Waals surface area contributed by atoms with Crippen molar-refractivity contribution in [1.82, 2.24) is 4.90 Å². The monoisotopic (exact) mass is 321 g/mol. The number of aromatic carboxylic acids is 1. The normalized spacial score (nSPS) is 13.6. The highest BCUT2D eigenvalue weighted by Gasteiger charge is 2.34. The summed E-state index contributed by atoms with van der Waals surface area (Å²) in [7, 11) is 0. The van der Waals surface area contributed by atoms with Gasteiger partial charge in [-0.15, -0.1) is 0 Å². The number of rotatable bonds is 3. The van der Waals surface area contributed by atoms with Crippen molar-refractivity contribution in [2.45, 2.75) is 6.54 Å². The Morgan fingerprint density at radius 3 is 2.42 bits per heavy atom. The predicted octanol–water partition coefficient (Wildman–Crippen LogP) is 2.93. The summed E-state index contributed by atoms with van der Waals surface area (Å²) in [6, 6.07) is 11.0. The smallest absolute Gasteiger partial charge is 0.336 e. The lowest BCUT2D eigenvalue weighted by Crippen LogP contribution is -2.39. The van der Waals surface area contributed by atoms with E-state index in [-0.39, 0.29) is 12.1 Å². The number of carbonyl (C=O) groups is 3. The minimum Gasteiger partial charge on any atom is -0.478 e. The fourth-order valence-corrected chi connectivity index (χ4v) is 3.03. The largest absolute Gasteiger partial charge is 0.478 e. The lowest BCUT2D eigenvalue weighted by atomic mass is 9.91. The summed E-state index contributed by atoms with van der Waals surface area (Å²) in [6.07, 6.45) is 1.47. The van der Waals surface area contributed by atoms with Crippen LogP contribution in [0.2, 0.25) is 0 Å². The molecule has 0 atom stereocenters. The number of furan rings is 1. The lowest BCUT2D eigenvalue weighted by Gasteiger charge is -2.26. The second-order valence-electron chi connectivity index (χ2n) is 5.47. The average Bonchev–Trinajstić information content (AvgIpc) is 3.09. The summed E-state index contributed by atoms with van der Waals surface area (Å²) in [5.41, 5.74) is 0.698. The molecule has 0 bridgehead atoms. The highest BCUT2D eigenvalue weighted by atomic mass is 16.4. The SMILES string of the molecule is O=C(O)c1ccc2c3c(cccc13)C(=O)N(Cc1ccco1)C2=O. The van der Waals surface area contributed by atoms with Crippen LogP contribution >= 0.6 is 0 Å². The highest BCUT2D eigenvalue weighted by molar-refractivity contribution is 6.27. The number of nitrogens with zero attached hydrogens (tertiary/aromatic N) is 1. The molecule has 0 spiro atoms. The van der Waals surface area contributed by atoms with Gasteiger partial charge < -0.3 is 9.52 Å². The third-order valence-electron chi connectivity index (χ3n) is 4.12. The lowest BCUT2D eigenvalue weighted by molar-refractivity contribution is 0.0585. The van der Waals surface area contributed by atoms with Gasteiger partial charge in [0.15, 0.2) is 0 Å². The Morgan fingerprint density at radius 2 is 1.75 bits per heavy atom. The molecule has 2 aromatic carbocycles. The minimum atomic E-state index is -1.10. The topological polar surface area (TPSA) is 87.8 Å². The van der Waals surface area contributed by atoms with Crippen LogP contribution in [0.4, 0.5) is 0 Å². The molecule has 0 radical (unpaired) electrons. The Labute approximate surface area is 135 Å². The van der Waals surface area contributed by atoms with Crippen molar-refractivity contribution in [1.29, 1.82) is 0 Å². The van der Waals surface area contributed by atoms with Crippen molar-refractivity contribution in [2.24, 2.45) is 0 Å². The van der Waals surface area contributed by atoms with Crippen LogP contribution in [-0.2, 0) is 6.54 Å². The minimum absolute atomic E-state index is 0.0289. The van der Waals surface area contributed by atoms with Crippen molar-refractivity contribution in [3.8, 4) is 0 Å². The molecule has 118 valence electrons. The second kappa shape index (κ2) is 5.06. The van der Waals surface area contributed by atoms with Gasteiger partial charge in [-0.2, -0.15) is 0 Å². The van der Waals surface area contributed by atoms with Crippen molar-refractivity contribution in [3.63, 3.8) is 0 Å². The number of amides is 2. The molecule has 2 amide bonds. The zero-order chi connectivity index (χ0) is 16.8. The molecule has 1 aliphatic heterocycles. The van der Waals surface area contributed by atoms with Crippen LogP contribution in [0, 0.1) is 0 Å². The summed E-state index contributed by atoms with van der Waals surface area (Å²) < 4.78 is 5.22. The van der Waals surface area contributed by atoms with E-state index in [0.717, 1.165) is 4.90 Å². The van der Waals surface area contributed by atoms with Gasteiger partial charge in [0.05, 0.1) is 18.4 Å². The molecule has 0 saturated carbocycles. The molecule has 3 aromatic rings. The van der Waals surface area contributed by atoms with Crippen LogP contribution in [0.3, 0.4) is 0 Å². The standard InChI is InChI=1S/C18H11NO5/c20-16-13-5-1-4-11-12(18(22)23)6-7-14(15(11)13)17(21)19(16)9-10-3-2-8-24-10/h1-8H,9H2,(H,22,23). The predicted molar refractivity (Wildman–Crippen MR) is 83.8 cm³/mol. The first-order valence-electron chi connectivity index (χ1n) is 7.25. The third kappa shape index (κ3) is 1.93. The van der Waals surface area contributed by atoms with Gasteiger partial charge in [0.25, 0.3) is 11.8 Å². The number of hydrogen-bond acceptors (Lipinski definition) is 4. The fourth-order valence-electron chi connectivity index (χ4n) is 3.03. The molecule has 0 saturated heterocycles. The molecule has 0 aliphatic carbocycles. The summed E-state index contributed by atoms with van der Waals surface area (Å²) in [5.74, 6) is -1.53. The van der Waals surface area contributed by atoms with E-state index in [4.69, 9.17) is 4.42 Å². The van der Waals surface area contributed by atoms with Gasteiger partial charge in [-0.05, 0) is 35.7 Å². The number of benzene rings is 2. The molecule has 6 nitrogen and oxygen atoms in total. The molecular weight excluding hydrogens is 310 g/mol. The van der Waals surface area contributed by atoms with E-state index in [2.05, 4.69) is 0 Å².